The Labute approximate surface area is 179 Å². The molecule has 0 bridgehead atoms. The summed E-state index contributed by atoms with van der Waals surface area (Å²) in [5.41, 5.74) is 1.82. The molecule has 1 aromatic rings. The second-order valence-corrected chi connectivity index (χ2v) is 7.14. The van der Waals surface area contributed by atoms with Gasteiger partial charge in [-0.05, 0) is 31.5 Å². The van der Waals surface area contributed by atoms with Crippen molar-refractivity contribution < 1.29 is 28.5 Å². The number of hydrogen-bond donors (Lipinski definition) is 1. The summed E-state index contributed by atoms with van der Waals surface area (Å²) in [4.78, 5) is 24.4. The zero-order chi connectivity index (χ0) is 22.3. The molecule has 9 heteroatoms. The number of ether oxygens (including phenoxy) is 4. The van der Waals surface area contributed by atoms with Crippen LogP contribution in [0.25, 0.3) is 0 Å². The van der Waals surface area contributed by atoms with Crippen LogP contribution < -0.4 is 14.8 Å². The first kappa shape index (κ1) is 23.2. The van der Waals surface area contributed by atoms with Crippen molar-refractivity contribution >= 4 is 23.7 Å². The molecule has 8 nitrogen and oxygen atoms in total. The molecule has 1 unspecified atom stereocenters. The maximum absolute atomic E-state index is 12.8. The average molecular weight is 432 g/mol. The van der Waals surface area contributed by atoms with E-state index < -0.39 is 17.9 Å². The van der Waals surface area contributed by atoms with Gasteiger partial charge in [0, 0.05) is 5.70 Å². The Bertz CT molecular complexity index is 932. The van der Waals surface area contributed by atoms with E-state index in [1.807, 2.05) is 0 Å². The van der Waals surface area contributed by atoms with Crippen LogP contribution in [0.3, 0.4) is 0 Å². The quantitative estimate of drug-likeness (QED) is 0.621. The Balaban J connectivity index is 2.63. The maximum Gasteiger partial charge on any atom is 0.336 e. The summed E-state index contributed by atoms with van der Waals surface area (Å²) >= 11 is 1.14. The molecule has 2 rings (SSSR count). The molecule has 1 atom stereocenters. The summed E-state index contributed by atoms with van der Waals surface area (Å²) in [6.45, 7) is 3.64. The molecule has 160 valence electrons. The molecule has 1 heterocycles. The lowest BCUT2D eigenvalue weighted by Gasteiger charge is -2.29. The van der Waals surface area contributed by atoms with Crippen molar-refractivity contribution in [3.8, 4) is 17.6 Å². The number of benzene rings is 1. The van der Waals surface area contributed by atoms with Crippen LogP contribution in [-0.2, 0) is 19.1 Å². The Morgan fingerprint density at radius 2 is 1.90 bits per heavy atom. The first-order valence-electron chi connectivity index (χ1n) is 9.12. The van der Waals surface area contributed by atoms with Crippen LogP contribution in [0.15, 0.2) is 40.1 Å². The topological polar surface area (TPSA) is 107 Å². The van der Waals surface area contributed by atoms with Crippen molar-refractivity contribution in [2.24, 2.45) is 0 Å². The van der Waals surface area contributed by atoms with E-state index in [1.54, 1.807) is 32.0 Å². The van der Waals surface area contributed by atoms with Gasteiger partial charge in [0.15, 0.2) is 11.5 Å². The molecular weight excluding hydrogens is 408 g/mol. The van der Waals surface area contributed by atoms with Crippen molar-refractivity contribution in [2.75, 3.05) is 33.7 Å². The van der Waals surface area contributed by atoms with Gasteiger partial charge in [0.25, 0.3) is 0 Å². The maximum atomic E-state index is 12.8. The Hall–Kier alpha value is -3.12. The lowest BCUT2D eigenvalue weighted by molar-refractivity contribution is -0.139. The minimum atomic E-state index is -0.699. The molecule has 30 heavy (non-hydrogen) atoms. The highest BCUT2D eigenvalue weighted by Gasteiger charge is 2.36. The monoisotopic (exact) mass is 432 g/mol. The fourth-order valence-electron chi connectivity index (χ4n) is 3.06. The molecule has 1 aliphatic heterocycles. The number of nitrogens with one attached hydrogen (secondary N) is 1. The number of dihydropyridines is 1. The second-order valence-electron chi connectivity index (χ2n) is 6.15. The number of nitriles is 1. The highest BCUT2D eigenvalue weighted by atomic mass is 32.2. The number of carbonyl (C=O) groups is 2. The summed E-state index contributed by atoms with van der Waals surface area (Å²) in [5, 5.41) is 13.5. The Kier molecular flexibility index (Phi) is 8.18. The van der Waals surface area contributed by atoms with Crippen LogP contribution in [0.1, 0.15) is 25.3 Å². The molecular formula is C21H24N2O6S. The third-order valence-corrected chi connectivity index (χ3v) is 5.44. The zero-order valence-corrected chi connectivity index (χ0v) is 18.3. The van der Waals surface area contributed by atoms with Gasteiger partial charge < -0.3 is 24.3 Å². The Morgan fingerprint density at radius 1 is 1.20 bits per heavy atom. The summed E-state index contributed by atoms with van der Waals surface area (Å²) in [6.07, 6.45) is 0. The second kappa shape index (κ2) is 10.6. The van der Waals surface area contributed by atoms with Gasteiger partial charge in [-0.3, -0.25) is 4.79 Å². The molecule has 0 radical (unpaired) electrons. The first-order chi connectivity index (χ1) is 14.4. The smallest absolute Gasteiger partial charge is 0.336 e. The molecule has 1 N–H and O–H groups in total. The van der Waals surface area contributed by atoms with Crippen LogP contribution in [0.2, 0.25) is 0 Å². The standard InChI is InChI=1S/C21H24N2O6S/c1-6-29-21(25)18-12(2)23-20(30-11-17(24)28-5)14(10-22)19(18)13-7-8-15(26-3)16(9-13)27-4/h7-9,19,23H,6,11H2,1-5H3. The SMILES string of the molecule is CCOC(=O)C1=C(C)NC(SCC(=O)OC)=C(C#N)C1c1ccc(OC)c(OC)c1. The average Bonchev–Trinajstić information content (AvgIpc) is 2.76. The Morgan fingerprint density at radius 3 is 2.47 bits per heavy atom. The number of allylic oxidation sites excluding steroid dienone is 2. The fraction of sp³-hybridized carbons (Fsp3) is 0.381. The third-order valence-electron chi connectivity index (χ3n) is 4.45. The highest BCUT2D eigenvalue weighted by molar-refractivity contribution is 8.03. The van der Waals surface area contributed by atoms with Crippen LogP contribution in [-0.4, -0.2) is 45.6 Å². The zero-order valence-electron chi connectivity index (χ0n) is 17.5. The van der Waals surface area contributed by atoms with Gasteiger partial charge >= 0.3 is 11.9 Å². The van der Waals surface area contributed by atoms with E-state index in [-0.39, 0.29) is 12.4 Å². The number of thioether (sulfide) groups is 1. The summed E-state index contributed by atoms with van der Waals surface area (Å²) in [7, 11) is 4.33. The van der Waals surface area contributed by atoms with Crippen LogP contribution >= 0.6 is 11.8 Å². The summed E-state index contributed by atoms with van der Waals surface area (Å²) in [6, 6.07) is 7.39. The van der Waals surface area contributed by atoms with Crippen molar-refractivity contribution in [2.45, 2.75) is 19.8 Å². The molecule has 0 aliphatic carbocycles. The lowest BCUT2D eigenvalue weighted by atomic mass is 9.82. The molecule has 0 amide bonds. The van der Waals surface area contributed by atoms with E-state index in [0.717, 1.165) is 11.8 Å². The van der Waals surface area contributed by atoms with Gasteiger partial charge in [0.1, 0.15) is 0 Å². The van der Waals surface area contributed by atoms with E-state index in [9.17, 15) is 14.9 Å². The fourth-order valence-corrected chi connectivity index (χ4v) is 3.99. The van der Waals surface area contributed by atoms with Gasteiger partial charge in [0.2, 0.25) is 0 Å². The number of methoxy groups -OCH3 is 3. The number of hydrogen-bond acceptors (Lipinski definition) is 9. The minimum Gasteiger partial charge on any atom is -0.493 e. The number of nitrogens with zero attached hydrogens (tertiary/aromatic N) is 1. The van der Waals surface area contributed by atoms with E-state index in [4.69, 9.17) is 14.2 Å². The lowest BCUT2D eigenvalue weighted by Crippen LogP contribution is -2.29. The van der Waals surface area contributed by atoms with Gasteiger partial charge in [-0.2, -0.15) is 5.26 Å². The summed E-state index contributed by atoms with van der Waals surface area (Å²) < 4.78 is 20.6. The van der Waals surface area contributed by atoms with Gasteiger partial charge in [-0.1, -0.05) is 17.8 Å². The van der Waals surface area contributed by atoms with E-state index in [2.05, 4.69) is 16.1 Å². The predicted molar refractivity (Wildman–Crippen MR) is 112 cm³/mol. The predicted octanol–water partition coefficient (Wildman–Crippen LogP) is 2.87. The number of carbonyl (C=O) groups excluding carboxylic acids is 2. The molecule has 1 aromatic carbocycles. The first-order valence-corrected chi connectivity index (χ1v) is 10.1. The number of rotatable bonds is 8. The minimum absolute atomic E-state index is 0.0185. The van der Waals surface area contributed by atoms with Crippen molar-refractivity contribution in [3.05, 3.63) is 45.6 Å². The summed E-state index contributed by atoms with van der Waals surface area (Å²) in [5.74, 6) is -0.633. The van der Waals surface area contributed by atoms with Crippen LogP contribution in [0, 0.1) is 11.3 Å². The van der Waals surface area contributed by atoms with Gasteiger partial charge in [-0.25, -0.2) is 4.79 Å². The van der Waals surface area contributed by atoms with E-state index >= 15 is 0 Å². The van der Waals surface area contributed by atoms with Crippen LogP contribution in [0.4, 0.5) is 0 Å². The molecule has 1 aliphatic rings. The highest BCUT2D eigenvalue weighted by Crippen LogP contribution is 2.43. The van der Waals surface area contributed by atoms with Crippen molar-refractivity contribution in [1.82, 2.24) is 5.32 Å². The number of esters is 2. The third kappa shape index (κ3) is 4.89. The van der Waals surface area contributed by atoms with Gasteiger partial charge in [0.05, 0.1) is 61.9 Å². The van der Waals surface area contributed by atoms with E-state index in [0.29, 0.717) is 38.9 Å². The van der Waals surface area contributed by atoms with Crippen molar-refractivity contribution in [1.29, 1.82) is 5.26 Å². The van der Waals surface area contributed by atoms with Crippen LogP contribution in [0.5, 0.6) is 11.5 Å². The molecule has 0 aromatic heterocycles. The van der Waals surface area contributed by atoms with Crippen molar-refractivity contribution in [3.63, 3.8) is 0 Å². The molecule has 0 spiro atoms. The largest absolute Gasteiger partial charge is 0.493 e. The van der Waals surface area contributed by atoms with E-state index in [1.165, 1.54) is 21.3 Å². The normalized spacial score (nSPS) is 15.8. The van der Waals surface area contributed by atoms with Gasteiger partial charge in [-0.15, -0.1) is 0 Å². The molecule has 0 saturated carbocycles. The molecule has 0 fully saturated rings. The molecule has 0 saturated heterocycles.